The van der Waals surface area contributed by atoms with Gasteiger partial charge in [0.05, 0.1) is 0 Å². The summed E-state index contributed by atoms with van der Waals surface area (Å²) in [6, 6.07) is 4.22. The molecule has 0 aliphatic carbocycles. The summed E-state index contributed by atoms with van der Waals surface area (Å²) in [5.41, 5.74) is 0.333. The summed E-state index contributed by atoms with van der Waals surface area (Å²) >= 11 is 0. The standard InChI is InChI=1S/C12H21N/c1-4-6-9-12(3,5-2)13-10-7-8-11-13/h7-8,10-11H,4-6,9H2,1-3H3. The van der Waals surface area contributed by atoms with E-state index in [0.29, 0.717) is 5.54 Å². The molecule has 1 heterocycles. The molecule has 0 amide bonds. The lowest BCUT2D eigenvalue weighted by molar-refractivity contribution is 0.274. The van der Waals surface area contributed by atoms with E-state index in [4.69, 9.17) is 0 Å². The Morgan fingerprint density at radius 1 is 1.15 bits per heavy atom. The highest BCUT2D eigenvalue weighted by Gasteiger charge is 2.21. The molecule has 0 saturated carbocycles. The van der Waals surface area contributed by atoms with E-state index in [1.165, 1.54) is 25.7 Å². The van der Waals surface area contributed by atoms with Gasteiger partial charge in [0, 0.05) is 17.9 Å². The Morgan fingerprint density at radius 2 is 1.77 bits per heavy atom. The Morgan fingerprint density at radius 3 is 2.23 bits per heavy atom. The molecule has 1 heteroatoms. The van der Waals surface area contributed by atoms with Gasteiger partial charge < -0.3 is 4.57 Å². The van der Waals surface area contributed by atoms with Gasteiger partial charge in [0.2, 0.25) is 0 Å². The van der Waals surface area contributed by atoms with Gasteiger partial charge in [-0.1, -0.05) is 26.7 Å². The van der Waals surface area contributed by atoms with Gasteiger partial charge in [-0.15, -0.1) is 0 Å². The highest BCUT2D eigenvalue weighted by atomic mass is 15.0. The summed E-state index contributed by atoms with van der Waals surface area (Å²) in [5, 5.41) is 0. The molecule has 1 nitrogen and oxygen atoms in total. The van der Waals surface area contributed by atoms with E-state index < -0.39 is 0 Å². The van der Waals surface area contributed by atoms with Crippen molar-refractivity contribution in [3.05, 3.63) is 24.5 Å². The number of rotatable bonds is 5. The molecule has 0 bridgehead atoms. The van der Waals surface area contributed by atoms with Crippen molar-refractivity contribution >= 4 is 0 Å². The first-order valence-electron chi connectivity index (χ1n) is 5.36. The van der Waals surface area contributed by atoms with Crippen LogP contribution in [0.15, 0.2) is 24.5 Å². The predicted molar refractivity (Wildman–Crippen MR) is 57.9 cm³/mol. The largest absolute Gasteiger partial charge is 0.349 e. The molecule has 0 aliphatic heterocycles. The van der Waals surface area contributed by atoms with Crippen molar-refractivity contribution in [1.82, 2.24) is 4.57 Å². The quantitative estimate of drug-likeness (QED) is 0.648. The Balaban J connectivity index is 2.69. The van der Waals surface area contributed by atoms with Crippen molar-refractivity contribution in [3.63, 3.8) is 0 Å². The molecule has 1 atom stereocenters. The molecule has 74 valence electrons. The van der Waals surface area contributed by atoms with Crippen LogP contribution in [0.5, 0.6) is 0 Å². The van der Waals surface area contributed by atoms with Crippen molar-refractivity contribution in [2.45, 2.75) is 52.0 Å². The zero-order valence-electron chi connectivity index (χ0n) is 9.09. The van der Waals surface area contributed by atoms with Crippen LogP contribution in [0, 0.1) is 0 Å². The number of unbranched alkanes of at least 4 members (excludes halogenated alkanes) is 1. The minimum Gasteiger partial charge on any atom is -0.349 e. The molecule has 0 saturated heterocycles. The van der Waals surface area contributed by atoms with Crippen LogP contribution in [-0.4, -0.2) is 4.57 Å². The van der Waals surface area contributed by atoms with Gasteiger partial charge in [0.15, 0.2) is 0 Å². The van der Waals surface area contributed by atoms with Gasteiger partial charge in [-0.2, -0.15) is 0 Å². The fourth-order valence-corrected chi connectivity index (χ4v) is 1.74. The first kappa shape index (κ1) is 10.4. The Bertz CT molecular complexity index is 225. The van der Waals surface area contributed by atoms with Crippen LogP contribution in [-0.2, 0) is 5.54 Å². The van der Waals surface area contributed by atoms with Crippen molar-refractivity contribution < 1.29 is 0 Å². The van der Waals surface area contributed by atoms with E-state index in [0.717, 1.165) is 0 Å². The molecule has 13 heavy (non-hydrogen) atoms. The van der Waals surface area contributed by atoms with Gasteiger partial charge in [0.1, 0.15) is 0 Å². The average Bonchev–Trinajstić information content (AvgIpc) is 2.67. The fourth-order valence-electron chi connectivity index (χ4n) is 1.74. The van der Waals surface area contributed by atoms with E-state index in [-0.39, 0.29) is 0 Å². The van der Waals surface area contributed by atoms with Crippen molar-refractivity contribution in [3.8, 4) is 0 Å². The van der Waals surface area contributed by atoms with Crippen molar-refractivity contribution in [1.29, 1.82) is 0 Å². The van der Waals surface area contributed by atoms with E-state index in [1.54, 1.807) is 0 Å². The topological polar surface area (TPSA) is 4.93 Å². The third-order valence-corrected chi connectivity index (χ3v) is 3.06. The average molecular weight is 179 g/mol. The predicted octanol–water partition coefficient (Wildman–Crippen LogP) is 3.80. The van der Waals surface area contributed by atoms with Gasteiger partial charge in [-0.05, 0) is 31.9 Å². The molecular formula is C12H21N. The van der Waals surface area contributed by atoms with Crippen LogP contribution in [0.2, 0.25) is 0 Å². The fraction of sp³-hybridized carbons (Fsp3) is 0.667. The van der Waals surface area contributed by atoms with Crippen LogP contribution in [0.1, 0.15) is 46.5 Å². The molecule has 1 unspecified atom stereocenters. The maximum Gasteiger partial charge on any atom is 0.0409 e. The van der Waals surface area contributed by atoms with Crippen molar-refractivity contribution in [2.75, 3.05) is 0 Å². The molecule has 0 aromatic carbocycles. The summed E-state index contributed by atoms with van der Waals surface area (Å²) < 4.78 is 2.35. The summed E-state index contributed by atoms with van der Waals surface area (Å²) in [4.78, 5) is 0. The van der Waals surface area contributed by atoms with Crippen LogP contribution >= 0.6 is 0 Å². The molecule has 1 aromatic rings. The number of nitrogens with zero attached hydrogens (tertiary/aromatic N) is 1. The summed E-state index contributed by atoms with van der Waals surface area (Å²) in [6.45, 7) is 6.88. The van der Waals surface area contributed by atoms with Gasteiger partial charge in [0.25, 0.3) is 0 Å². The van der Waals surface area contributed by atoms with E-state index >= 15 is 0 Å². The number of hydrogen-bond donors (Lipinski definition) is 0. The van der Waals surface area contributed by atoms with Crippen LogP contribution < -0.4 is 0 Å². The van der Waals surface area contributed by atoms with Crippen LogP contribution in [0.4, 0.5) is 0 Å². The lowest BCUT2D eigenvalue weighted by Crippen LogP contribution is -2.27. The van der Waals surface area contributed by atoms with Gasteiger partial charge in [-0.25, -0.2) is 0 Å². The normalized spacial score (nSPS) is 15.6. The monoisotopic (exact) mass is 179 g/mol. The third-order valence-electron chi connectivity index (χ3n) is 3.06. The molecule has 1 aromatic heterocycles. The maximum absolute atomic E-state index is 2.35. The van der Waals surface area contributed by atoms with Crippen LogP contribution in [0.25, 0.3) is 0 Å². The number of aromatic nitrogens is 1. The lowest BCUT2D eigenvalue weighted by atomic mass is 9.92. The molecule has 0 fully saturated rings. The zero-order valence-corrected chi connectivity index (χ0v) is 9.09. The third kappa shape index (κ3) is 2.36. The molecular weight excluding hydrogens is 158 g/mol. The maximum atomic E-state index is 2.35. The van der Waals surface area contributed by atoms with E-state index in [9.17, 15) is 0 Å². The molecule has 1 rings (SSSR count). The molecule has 0 aliphatic rings. The van der Waals surface area contributed by atoms with Gasteiger partial charge in [-0.3, -0.25) is 0 Å². The Labute approximate surface area is 81.8 Å². The zero-order chi connectivity index (χ0) is 9.73. The Kier molecular flexibility index (Phi) is 3.58. The highest BCUT2D eigenvalue weighted by molar-refractivity contribution is 4.97. The SMILES string of the molecule is CCCCC(C)(CC)n1cccc1. The number of hydrogen-bond acceptors (Lipinski definition) is 0. The summed E-state index contributed by atoms with van der Waals surface area (Å²) in [6.07, 6.45) is 9.47. The molecule has 0 N–H and O–H groups in total. The van der Waals surface area contributed by atoms with Gasteiger partial charge >= 0.3 is 0 Å². The minimum atomic E-state index is 0.333. The highest BCUT2D eigenvalue weighted by Crippen LogP contribution is 2.26. The Hall–Kier alpha value is -0.720. The minimum absolute atomic E-state index is 0.333. The van der Waals surface area contributed by atoms with E-state index in [2.05, 4.69) is 49.9 Å². The second-order valence-electron chi connectivity index (χ2n) is 4.04. The smallest absolute Gasteiger partial charge is 0.0409 e. The molecule has 0 radical (unpaired) electrons. The first-order chi connectivity index (χ1) is 6.23. The second kappa shape index (κ2) is 4.50. The van der Waals surface area contributed by atoms with E-state index in [1.807, 2.05) is 0 Å². The first-order valence-corrected chi connectivity index (χ1v) is 5.36. The molecule has 0 spiro atoms. The van der Waals surface area contributed by atoms with Crippen LogP contribution in [0.3, 0.4) is 0 Å². The van der Waals surface area contributed by atoms with Crippen molar-refractivity contribution in [2.24, 2.45) is 0 Å². The lowest BCUT2D eigenvalue weighted by Gasteiger charge is -2.30. The summed E-state index contributed by atoms with van der Waals surface area (Å²) in [5.74, 6) is 0. The second-order valence-corrected chi connectivity index (χ2v) is 4.04. The summed E-state index contributed by atoms with van der Waals surface area (Å²) in [7, 11) is 0.